The predicted molar refractivity (Wildman–Crippen MR) is 73.4 cm³/mol. The average molecular weight is 248 g/mol. The van der Waals surface area contributed by atoms with Crippen molar-refractivity contribution in [2.24, 2.45) is 5.92 Å². The molecule has 1 aromatic rings. The minimum absolute atomic E-state index is 0.242. The molecule has 0 amide bonds. The van der Waals surface area contributed by atoms with Crippen LogP contribution in [0.3, 0.4) is 0 Å². The van der Waals surface area contributed by atoms with Crippen LogP contribution in [0.1, 0.15) is 43.7 Å². The summed E-state index contributed by atoms with van der Waals surface area (Å²) in [6.07, 6.45) is 10.6. The van der Waals surface area contributed by atoms with Crippen molar-refractivity contribution in [1.29, 1.82) is 0 Å². The summed E-state index contributed by atoms with van der Waals surface area (Å²) in [6.45, 7) is 0. The largest absolute Gasteiger partial charge is 0.379 e. The number of nitrogens with zero attached hydrogens (tertiary/aromatic N) is 1. The number of hydrogen-bond acceptors (Lipinski definition) is 3. The molecule has 1 aliphatic rings. The molecule has 2 unspecified atom stereocenters. The van der Waals surface area contributed by atoms with E-state index in [1.54, 1.807) is 0 Å². The van der Waals surface area contributed by atoms with Gasteiger partial charge < -0.3 is 10.1 Å². The molecule has 2 rings (SSSR count). The van der Waals surface area contributed by atoms with Crippen molar-refractivity contribution < 1.29 is 4.74 Å². The van der Waals surface area contributed by atoms with Gasteiger partial charge in [-0.05, 0) is 37.4 Å². The Morgan fingerprint density at radius 3 is 2.67 bits per heavy atom. The van der Waals surface area contributed by atoms with Crippen LogP contribution in [-0.2, 0) is 4.74 Å². The van der Waals surface area contributed by atoms with Crippen LogP contribution in [0, 0.1) is 5.92 Å². The first kappa shape index (κ1) is 13.5. The Balaban J connectivity index is 2.13. The first-order valence-corrected chi connectivity index (χ1v) is 6.96. The monoisotopic (exact) mass is 248 g/mol. The van der Waals surface area contributed by atoms with Crippen molar-refractivity contribution in [3.8, 4) is 0 Å². The van der Waals surface area contributed by atoms with Crippen LogP contribution in [-0.4, -0.2) is 25.2 Å². The van der Waals surface area contributed by atoms with E-state index >= 15 is 0 Å². The number of methoxy groups -OCH3 is 1. The average Bonchev–Trinajstić information content (AvgIpc) is 2.46. The number of pyridine rings is 1. The molecule has 0 aromatic carbocycles. The van der Waals surface area contributed by atoms with Gasteiger partial charge in [-0.25, -0.2) is 0 Å². The summed E-state index contributed by atoms with van der Waals surface area (Å²) >= 11 is 0. The molecule has 1 aliphatic carbocycles. The van der Waals surface area contributed by atoms with E-state index in [1.165, 1.54) is 37.7 Å². The highest BCUT2D eigenvalue weighted by Gasteiger charge is 2.30. The highest BCUT2D eigenvalue weighted by atomic mass is 16.5. The minimum atomic E-state index is 0.242. The van der Waals surface area contributed by atoms with Gasteiger partial charge in [0.2, 0.25) is 0 Å². The summed E-state index contributed by atoms with van der Waals surface area (Å²) < 4.78 is 5.81. The zero-order valence-electron chi connectivity index (χ0n) is 11.4. The lowest BCUT2D eigenvalue weighted by Crippen LogP contribution is -2.37. The third kappa shape index (κ3) is 3.09. The zero-order valence-corrected chi connectivity index (χ0v) is 11.4. The number of aromatic nitrogens is 1. The van der Waals surface area contributed by atoms with Crippen LogP contribution in [0.4, 0.5) is 0 Å². The van der Waals surface area contributed by atoms with Gasteiger partial charge in [0.1, 0.15) is 0 Å². The molecule has 18 heavy (non-hydrogen) atoms. The predicted octanol–water partition coefficient (Wildman–Crippen LogP) is 2.94. The Labute approximate surface area is 110 Å². The second-order valence-corrected chi connectivity index (χ2v) is 5.15. The van der Waals surface area contributed by atoms with Gasteiger partial charge in [0, 0.05) is 19.5 Å². The Morgan fingerprint density at radius 2 is 2.11 bits per heavy atom. The molecule has 1 saturated carbocycles. The van der Waals surface area contributed by atoms with E-state index in [1.807, 2.05) is 32.6 Å². The number of rotatable bonds is 5. The third-order valence-electron chi connectivity index (χ3n) is 4.07. The highest BCUT2D eigenvalue weighted by Crippen LogP contribution is 2.33. The van der Waals surface area contributed by atoms with Gasteiger partial charge in [-0.2, -0.15) is 0 Å². The Morgan fingerprint density at radius 1 is 1.33 bits per heavy atom. The molecule has 100 valence electrons. The highest BCUT2D eigenvalue weighted by molar-refractivity contribution is 5.16. The molecular formula is C15H24N2O. The van der Waals surface area contributed by atoms with Gasteiger partial charge in [-0.15, -0.1) is 0 Å². The molecule has 0 aliphatic heterocycles. The summed E-state index contributed by atoms with van der Waals surface area (Å²) in [5.74, 6) is 0.668. The van der Waals surface area contributed by atoms with Gasteiger partial charge in [-0.3, -0.25) is 4.98 Å². The summed E-state index contributed by atoms with van der Waals surface area (Å²) in [5.41, 5.74) is 1.22. The molecule has 0 saturated heterocycles. The maximum absolute atomic E-state index is 5.81. The van der Waals surface area contributed by atoms with Crippen LogP contribution in [0.25, 0.3) is 0 Å². The van der Waals surface area contributed by atoms with E-state index in [0.29, 0.717) is 5.92 Å². The number of ether oxygens (including phenoxy) is 1. The number of nitrogens with one attached hydrogen (secondary N) is 1. The molecule has 0 bridgehead atoms. The summed E-state index contributed by atoms with van der Waals surface area (Å²) in [4.78, 5) is 4.22. The Bertz CT molecular complexity index is 336. The first-order valence-electron chi connectivity index (χ1n) is 6.96. The molecule has 1 aromatic heterocycles. The Hall–Kier alpha value is -0.930. The maximum atomic E-state index is 5.81. The topological polar surface area (TPSA) is 34.2 Å². The number of hydrogen-bond donors (Lipinski definition) is 1. The molecule has 2 atom stereocenters. The quantitative estimate of drug-likeness (QED) is 0.870. The summed E-state index contributed by atoms with van der Waals surface area (Å²) in [7, 11) is 3.84. The fourth-order valence-corrected chi connectivity index (χ4v) is 3.14. The van der Waals surface area contributed by atoms with E-state index in [-0.39, 0.29) is 12.1 Å². The van der Waals surface area contributed by atoms with Crippen molar-refractivity contribution >= 4 is 0 Å². The summed E-state index contributed by atoms with van der Waals surface area (Å²) in [5, 5.41) is 3.40. The zero-order chi connectivity index (χ0) is 12.8. The van der Waals surface area contributed by atoms with E-state index in [9.17, 15) is 0 Å². The van der Waals surface area contributed by atoms with Crippen molar-refractivity contribution in [3.63, 3.8) is 0 Å². The molecule has 1 N–H and O–H groups in total. The molecule has 3 nitrogen and oxygen atoms in total. The van der Waals surface area contributed by atoms with E-state index in [2.05, 4.69) is 16.4 Å². The standard InChI is InChI=1S/C15H24N2O/c1-16-14(13-9-6-10-17-11-13)15(18-2)12-7-4-3-5-8-12/h6,9-12,14-16H,3-5,7-8H2,1-2H3. The smallest absolute Gasteiger partial charge is 0.0794 e. The molecule has 3 heteroatoms. The van der Waals surface area contributed by atoms with Gasteiger partial charge in [0.25, 0.3) is 0 Å². The molecular weight excluding hydrogens is 224 g/mol. The van der Waals surface area contributed by atoms with Crippen LogP contribution in [0.2, 0.25) is 0 Å². The van der Waals surface area contributed by atoms with Crippen LogP contribution >= 0.6 is 0 Å². The van der Waals surface area contributed by atoms with E-state index < -0.39 is 0 Å². The minimum Gasteiger partial charge on any atom is -0.379 e. The fourth-order valence-electron chi connectivity index (χ4n) is 3.14. The van der Waals surface area contributed by atoms with Crippen LogP contribution < -0.4 is 5.32 Å². The number of likely N-dealkylation sites (N-methyl/N-ethyl adjacent to an activating group) is 1. The normalized spacial score (nSPS) is 20.6. The SMILES string of the molecule is CNC(c1cccnc1)C(OC)C1CCCCC1. The second-order valence-electron chi connectivity index (χ2n) is 5.15. The first-order chi connectivity index (χ1) is 8.86. The van der Waals surface area contributed by atoms with Gasteiger partial charge >= 0.3 is 0 Å². The molecule has 0 radical (unpaired) electrons. The Kier molecular flexibility index (Phi) is 5.14. The lowest BCUT2D eigenvalue weighted by molar-refractivity contribution is 0.00933. The van der Waals surface area contributed by atoms with E-state index in [0.717, 1.165) is 0 Å². The molecule has 1 fully saturated rings. The van der Waals surface area contributed by atoms with E-state index in [4.69, 9.17) is 4.74 Å². The lowest BCUT2D eigenvalue weighted by atomic mass is 9.81. The lowest BCUT2D eigenvalue weighted by Gasteiger charge is -2.34. The maximum Gasteiger partial charge on any atom is 0.0794 e. The third-order valence-corrected chi connectivity index (χ3v) is 4.07. The second kappa shape index (κ2) is 6.86. The van der Waals surface area contributed by atoms with Crippen molar-refractivity contribution in [1.82, 2.24) is 10.3 Å². The molecule has 1 heterocycles. The summed E-state index contributed by atoms with van der Waals surface area (Å²) in [6, 6.07) is 4.36. The van der Waals surface area contributed by atoms with Gasteiger partial charge in [0.15, 0.2) is 0 Å². The molecule has 0 spiro atoms. The van der Waals surface area contributed by atoms with Crippen LogP contribution in [0.5, 0.6) is 0 Å². The van der Waals surface area contributed by atoms with Crippen molar-refractivity contribution in [2.45, 2.75) is 44.2 Å². The fraction of sp³-hybridized carbons (Fsp3) is 0.667. The van der Waals surface area contributed by atoms with Gasteiger partial charge in [0.05, 0.1) is 12.1 Å². The van der Waals surface area contributed by atoms with Crippen molar-refractivity contribution in [2.75, 3.05) is 14.2 Å². The van der Waals surface area contributed by atoms with Crippen molar-refractivity contribution in [3.05, 3.63) is 30.1 Å². The van der Waals surface area contributed by atoms with Gasteiger partial charge in [-0.1, -0.05) is 25.3 Å². The van der Waals surface area contributed by atoms with Crippen LogP contribution in [0.15, 0.2) is 24.5 Å².